The van der Waals surface area contributed by atoms with E-state index in [1.165, 1.54) is 12.1 Å². The summed E-state index contributed by atoms with van der Waals surface area (Å²) in [6.07, 6.45) is -1.03. The van der Waals surface area contributed by atoms with E-state index in [4.69, 9.17) is 0 Å². The molecular formula is C20H23F3N2O. The van der Waals surface area contributed by atoms with Gasteiger partial charge in [0.2, 0.25) is 0 Å². The second-order valence-electron chi connectivity index (χ2n) is 7.09. The van der Waals surface area contributed by atoms with Crippen molar-refractivity contribution < 1.29 is 18.3 Å². The second-order valence-corrected chi connectivity index (χ2v) is 7.09. The molecule has 0 aliphatic carbocycles. The van der Waals surface area contributed by atoms with Crippen molar-refractivity contribution in [2.45, 2.75) is 32.0 Å². The lowest BCUT2D eigenvalue weighted by molar-refractivity contribution is -0.138. The first kappa shape index (κ1) is 18.9. The molecule has 1 N–H and O–H groups in total. The molecule has 0 bridgehead atoms. The van der Waals surface area contributed by atoms with Gasteiger partial charge in [-0.1, -0.05) is 24.3 Å². The van der Waals surface area contributed by atoms with Crippen molar-refractivity contribution in [3.05, 3.63) is 65.5 Å². The molecule has 1 aliphatic rings. The number of hydrogen-bond acceptors (Lipinski definition) is 3. The molecule has 3 nitrogen and oxygen atoms in total. The third kappa shape index (κ3) is 4.43. The number of likely N-dealkylation sites (tertiary alicyclic amines) is 1. The highest BCUT2D eigenvalue weighted by Crippen LogP contribution is 2.39. The average molecular weight is 364 g/mol. The van der Waals surface area contributed by atoms with Gasteiger partial charge in [-0.15, -0.1) is 0 Å². The van der Waals surface area contributed by atoms with Crippen LogP contribution in [0.25, 0.3) is 0 Å². The minimum Gasteiger partial charge on any atom is -0.396 e. The monoisotopic (exact) mass is 364 g/mol. The summed E-state index contributed by atoms with van der Waals surface area (Å²) in [6.45, 7) is 2.11. The normalized spacial score (nSPS) is 18.0. The number of nitrogens with zero attached hydrogens (tertiary/aromatic N) is 2. The smallest absolute Gasteiger partial charge is 0.396 e. The number of piperidine rings is 1. The van der Waals surface area contributed by atoms with Crippen LogP contribution >= 0.6 is 0 Å². The fourth-order valence-corrected chi connectivity index (χ4v) is 3.65. The van der Waals surface area contributed by atoms with Crippen LogP contribution in [0.2, 0.25) is 0 Å². The largest absolute Gasteiger partial charge is 0.416 e. The van der Waals surface area contributed by atoms with Crippen molar-refractivity contribution >= 4 is 0 Å². The molecule has 0 amide bonds. The van der Waals surface area contributed by atoms with E-state index < -0.39 is 17.2 Å². The van der Waals surface area contributed by atoms with Crippen molar-refractivity contribution in [1.82, 2.24) is 9.88 Å². The molecule has 1 saturated heterocycles. The predicted octanol–water partition coefficient (Wildman–Crippen LogP) is 3.92. The summed E-state index contributed by atoms with van der Waals surface area (Å²) in [6, 6.07) is 11.5. The standard InChI is InChI=1S/C20H23F3N2O/c21-20(22,23)18-7-2-1-5-16(18)13-19(15-26)8-11-25(12-9-19)14-17-6-3-4-10-24-17/h1-7,10,26H,8-9,11-15H2. The molecule has 3 rings (SSSR count). The minimum atomic E-state index is -4.37. The van der Waals surface area contributed by atoms with Crippen LogP contribution in [0.15, 0.2) is 48.7 Å². The Morgan fingerprint density at radius 1 is 1.04 bits per heavy atom. The van der Waals surface area contributed by atoms with E-state index in [2.05, 4.69) is 9.88 Å². The summed E-state index contributed by atoms with van der Waals surface area (Å²) in [5, 5.41) is 9.96. The first-order valence-corrected chi connectivity index (χ1v) is 8.80. The van der Waals surface area contributed by atoms with Gasteiger partial charge in [0, 0.05) is 19.3 Å². The number of benzene rings is 1. The van der Waals surface area contributed by atoms with Gasteiger partial charge in [-0.3, -0.25) is 9.88 Å². The quantitative estimate of drug-likeness (QED) is 0.874. The molecule has 1 fully saturated rings. The Balaban J connectivity index is 1.68. The molecule has 0 spiro atoms. The SMILES string of the molecule is OCC1(Cc2ccccc2C(F)(F)F)CCN(Cc2ccccn2)CC1. The van der Waals surface area contributed by atoms with Gasteiger partial charge in [-0.05, 0) is 61.5 Å². The summed E-state index contributed by atoms with van der Waals surface area (Å²) >= 11 is 0. The van der Waals surface area contributed by atoms with Gasteiger partial charge in [0.1, 0.15) is 0 Å². The molecule has 140 valence electrons. The molecule has 26 heavy (non-hydrogen) atoms. The van der Waals surface area contributed by atoms with E-state index in [0.717, 1.165) is 31.4 Å². The summed E-state index contributed by atoms with van der Waals surface area (Å²) in [5.41, 5.74) is 0.157. The molecule has 0 unspecified atom stereocenters. The molecule has 2 heterocycles. The van der Waals surface area contributed by atoms with Crippen LogP contribution in [0.3, 0.4) is 0 Å². The molecule has 1 aliphatic heterocycles. The fraction of sp³-hybridized carbons (Fsp3) is 0.450. The van der Waals surface area contributed by atoms with Gasteiger partial charge in [0.25, 0.3) is 0 Å². The van der Waals surface area contributed by atoms with Crippen molar-refractivity contribution in [1.29, 1.82) is 0 Å². The zero-order valence-electron chi connectivity index (χ0n) is 14.5. The van der Waals surface area contributed by atoms with Crippen molar-refractivity contribution in [2.24, 2.45) is 5.41 Å². The first-order valence-electron chi connectivity index (χ1n) is 8.80. The number of alkyl halides is 3. The minimum absolute atomic E-state index is 0.101. The Morgan fingerprint density at radius 2 is 1.73 bits per heavy atom. The Kier molecular flexibility index (Phi) is 5.63. The van der Waals surface area contributed by atoms with E-state index in [1.54, 1.807) is 12.3 Å². The van der Waals surface area contributed by atoms with E-state index in [-0.39, 0.29) is 18.6 Å². The maximum atomic E-state index is 13.3. The Morgan fingerprint density at radius 3 is 2.35 bits per heavy atom. The molecule has 1 aromatic heterocycles. The van der Waals surface area contributed by atoms with Crippen LogP contribution in [0.5, 0.6) is 0 Å². The number of hydrogen-bond donors (Lipinski definition) is 1. The van der Waals surface area contributed by atoms with Gasteiger partial charge in [-0.25, -0.2) is 0 Å². The lowest BCUT2D eigenvalue weighted by Gasteiger charge is -2.41. The highest BCUT2D eigenvalue weighted by molar-refractivity contribution is 5.31. The second kappa shape index (κ2) is 7.76. The Labute approximate surface area is 151 Å². The summed E-state index contributed by atoms with van der Waals surface area (Å²) < 4.78 is 39.8. The molecule has 0 atom stereocenters. The van der Waals surface area contributed by atoms with E-state index >= 15 is 0 Å². The fourth-order valence-electron chi connectivity index (χ4n) is 3.65. The summed E-state index contributed by atoms with van der Waals surface area (Å²) in [4.78, 5) is 6.56. The topological polar surface area (TPSA) is 36.4 Å². The maximum absolute atomic E-state index is 13.3. The zero-order chi connectivity index (χ0) is 18.6. The van der Waals surface area contributed by atoms with Gasteiger partial charge in [-0.2, -0.15) is 13.2 Å². The lowest BCUT2D eigenvalue weighted by atomic mass is 9.73. The maximum Gasteiger partial charge on any atom is 0.416 e. The number of pyridine rings is 1. The van der Waals surface area contributed by atoms with Crippen LogP contribution in [-0.2, 0) is 19.1 Å². The van der Waals surface area contributed by atoms with Gasteiger partial charge in [0.05, 0.1) is 11.3 Å². The molecular weight excluding hydrogens is 341 g/mol. The third-order valence-corrected chi connectivity index (χ3v) is 5.25. The number of halogens is 3. The van der Waals surface area contributed by atoms with Crippen LogP contribution in [0.1, 0.15) is 29.7 Å². The zero-order valence-corrected chi connectivity index (χ0v) is 14.5. The van der Waals surface area contributed by atoms with E-state index in [9.17, 15) is 18.3 Å². The van der Waals surface area contributed by atoms with E-state index in [1.807, 2.05) is 18.2 Å². The average Bonchev–Trinajstić information content (AvgIpc) is 2.64. The van der Waals surface area contributed by atoms with Crippen LogP contribution in [0.4, 0.5) is 13.2 Å². The lowest BCUT2D eigenvalue weighted by Crippen LogP contribution is -2.43. The van der Waals surface area contributed by atoms with Gasteiger partial charge >= 0.3 is 6.18 Å². The first-order chi connectivity index (χ1) is 12.4. The van der Waals surface area contributed by atoms with Crippen LogP contribution < -0.4 is 0 Å². The number of aliphatic hydroxyl groups excluding tert-OH is 1. The number of aromatic nitrogens is 1. The van der Waals surface area contributed by atoms with Crippen molar-refractivity contribution in [2.75, 3.05) is 19.7 Å². The Hall–Kier alpha value is -1.92. The van der Waals surface area contributed by atoms with Crippen LogP contribution in [0, 0.1) is 5.41 Å². The molecule has 6 heteroatoms. The highest BCUT2D eigenvalue weighted by Gasteiger charge is 2.38. The van der Waals surface area contributed by atoms with Crippen molar-refractivity contribution in [3.8, 4) is 0 Å². The highest BCUT2D eigenvalue weighted by atomic mass is 19.4. The van der Waals surface area contributed by atoms with Crippen LogP contribution in [-0.4, -0.2) is 34.7 Å². The summed E-state index contributed by atoms with van der Waals surface area (Å²) in [7, 11) is 0. The molecule has 0 saturated carbocycles. The molecule has 2 aromatic rings. The predicted molar refractivity (Wildman–Crippen MR) is 93.4 cm³/mol. The molecule has 0 radical (unpaired) electrons. The van der Waals surface area contributed by atoms with Gasteiger partial charge < -0.3 is 5.11 Å². The Bertz CT molecular complexity index is 710. The van der Waals surface area contributed by atoms with E-state index in [0.29, 0.717) is 12.8 Å². The summed E-state index contributed by atoms with van der Waals surface area (Å²) in [5.74, 6) is 0. The molecule has 1 aromatic carbocycles. The van der Waals surface area contributed by atoms with Crippen molar-refractivity contribution in [3.63, 3.8) is 0 Å². The number of rotatable bonds is 5. The number of aliphatic hydroxyl groups is 1. The van der Waals surface area contributed by atoms with Gasteiger partial charge in [0.15, 0.2) is 0 Å². The third-order valence-electron chi connectivity index (χ3n) is 5.25.